The van der Waals surface area contributed by atoms with Crippen LogP contribution in [0.2, 0.25) is 20.1 Å². The van der Waals surface area contributed by atoms with Gasteiger partial charge in [0.25, 0.3) is 11.8 Å². The third-order valence-corrected chi connectivity index (χ3v) is 6.45. The van der Waals surface area contributed by atoms with E-state index in [0.29, 0.717) is 31.2 Å². The van der Waals surface area contributed by atoms with Crippen molar-refractivity contribution in [3.8, 4) is 0 Å². The first-order chi connectivity index (χ1) is 17.1. The van der Waals surface area contributed by atoms with Gasteiger partial charge < -0.3 is 9.47 Å². The van der Waals surface area contributed by atoms with E-state index in [4.69, 9.17) is 55.9 Å². The van der Waals surface area contributed by atoms with Crippen molar-refractivity contribution in [2.24, 2.45) is 0 Å². The molecule has 1 aliphatic heterocycles. The minimum absolute atomic E-state index is 0.0208. The summed E-state index contributed by atoms with van der Waals surface area (Å²) in [5, 5.41) is 1.52. The number of benzene rings is 3. The molecule has 1 aliphatic rings. The molecule has 3 aromatic carbocycles. The number of imide groups is 1. The van der Waals surface area contributed by atoms with E-state index in [2.05, 4.69) is 0 Å². The van der Waals surface area contributed by atoms with Gasteiger partial charge in [0.05, 0.1) is 16.7 Å². The van der Waals surface area contributed by atoms with Crippen molar-refractivity contribution in [1.29, 1.82) is 0 Å². The first-order valence-corrected chi connectivity index (χ1v) is 11.9. The van der Waals surface area contributed by atoms with Gasteiger partial charge >= 0.3 is 11.9 Å². The topological polar surface area (TPSA) is 90.0 Å². The third kappa shape index (κ3) is 5.65. The maximum absolute atomic E-state index is 12.8. The average molecular weight is 567 g/mol. The maximum atomic E-state index is 12.8. The van der Waals surface area contributed by atoms with Gasteiger partial charge in [-0.2, -0.15) is 0 Å². The van der Waals surface area contributed by atoms with Crippen molar-refractivity contribution in [2.45, 2.75) is 13.2 Å². The van der Waals surface area contributed by atoms with E-state index in [1.807, 2.05) is 0 Å². The summed E-state index contributed by atoms with van der Waals surface area (Å²) in [7, 11) is 0. The summed E-state index contributed by atoms with van der Waals surface area (Å²) in [5.74, 6) is -2.94. The van der Waals surface area contributed by atoms with E-state index in [1.165, 1.54) is 30.3 Å². The van der Waals surface area contributed by atoms with Gasteiger partial charge in [0.1, 0.15) is 19.8 Å². The van der Waals surface area contributed by atoms with Crippen molar-refractivity contribution < 1.29 is 28.7 Å². The van der Waals surface area contributed by atoms with E-state index >= 15 is 0 Å². The van der Waals surface area contributed by atoms with Crippen molar-refractivity contribution in [2.75, 3.05) is 6.54 Å². The third-order valence-electron chi connectivity index (χ3n) is 5.27. The van der Waals surface area contributed by atoms with Gasteiger partial charge in [-0.05, 0) is 42.5 Å². The zero-order chi connectivity index (χ0) is 26.0. The van der Waals surface area contributed by atoms with Gasteiger partial charge in [0, 0.05) is 31.2 Å². The Kier molecular flexibility index (Phi) is 7.85. The average Bonchev–Trinajstić information content (AvgIpc) is 3.07. The summed E-state index contributed by atoms with van der Waals surface area (Å²) in [6.45, 7) is -0.883. The van der Waals surface area contributed by atoms with Gasteiger partial charge in [-0.1, -0.05) is 58.5 Å². The van der Waals surface area contributed by atoms with Crippen molar-refractivity contribution in [3.05, 3.63) is 103 Å². The second-order valence-corrected chi connectivity index (χ2v) is 9.35. The van der Waals surface area contributed by atoms with E-state index < -0.39 is 30.3 Å². The first kappa shape index (κ1) is 26.0. The number of hydrogen-bond acceptors (Lipinski definition) is 6. The Hall–Kier alpha value is -3.10. The molecule has 11 heteroatoms. The molecule has 1 heterocycles. The lowest BCUT2D eigenvalue weighted by Gasteiger charge is -2.13. The Morgan fingerprint density at radius 3 is 1.83 bits per heavy atom. The van der Waals surface area contributed by atoms with Gasteiger partial charge in [-0.25, -0.2) is 4.79 Å². The molecule has 0 aliphatic carbocycles. The van der Waals surface area contributed by atoms with Crippen molar-refractivity contribution in [1.82, 2.24) is 4.90 Å². The molecule has 184 valence electrons. The largest absolute Gasteiger partial charge is 0.459 e. The minimum atomic E-state index is -0.810. The van der Waals surface area contributed by atoms with Gasteiger partial charge in [0.2, 0.25) is 0 Å². The lowest BCUT2D eigenvalue weighted by molar-refractivity contribution is -0.145. The molecule has 3 aromatic rings. The Bertz CT molecular complexity index is 1410. The van der Waals surface area contributed by atoms with Crippen LogP contribution >= 0.6 is 46.4 Å². The number of ether oxygens (including phenoxy) is 2. The molecular weight excluding hydrogens is 552 g/mol. The molecule has 0 bridgehead atoms. The Morgan fingerprint density at radius 1 is 0.694 bits per heavy atom. The van der Waals surface area contributed by atoms with Crippen LogP contribution in [0.5, 0.6) is 0 Å². The Morgan fingerprint density at radius 2 is 1.25 bits per heavy atom. The van der Waals surface area contributed by atoms with Crippen LogP contribution in [-0.2, 0) is 27.5 Å². The molecule has 7 nitrogen and oxygen atoms in total. The highest BCUT2D eigenvalue weighted by molar-refractivity contribution is 6.35. The molecule has 0 unspecified atom stereocenters. The number of amides is 2. The number of fused-ring (bicyclic) bond motifs is 1. The lowest BCUT2D eigenvalue weighted by atomic mass is 10.1. The monoisotopic (exact) mass is 565 g/mol. The molecular formula is C25H15Cl4NO6. The molecule has 2 amide bonds. The van der Waals surface area contributed by atoms with E-state index in [-0.39, 0.29) is 29.9 Å². The predicted molar refractivity (Wildman–Crippen MR) is 134 cm³/mol. The molecule has 4 rings (SSSR count). The fourth-order valence-electron chi connectivity index (χ4n) is 3.40. The fraction of sp³-hybridized carbons (Fsp3) is 0.120. The summed E-state index contributed by atoms with van der Waals surface area (Å²) >= 11 is 23.9. The predicted octanol–water partition coefficient (Wildman–Crippen LogP) is 6.00. The van der Waals surface area contributed by atoms with Gasteiger partial charge in [-0.15, -0.1) is 0 Å². The molecule has 0 aromatic heterocycles. The van der Waals surface area contributed by atoms with Crippen LogP contribution in [0.25, 0.3) is 0 Å². The lowest BCUT2D eigenvalue weighted by Crippen LogP contribution is -2.35. The normalized spacial score (nSPS) is 12.5. The zero-order valence-corrected chi connectivity index (χ0v) is 21.2. The summed E-state index contributed by atoms with van der Waals surface area (Å²) < 4.78 is 10.4. The Balaban J connectivity index is 1.39. The second kappa shape index (κ2) is 10.9. The van der Waals surface area contributed by atoms with Crippen LogP contribution in [-0.4, -0.2) is 35.2 Å². The van der Waals surface area contributed by atoms with Crippen molar-refractivity contribution in [3.63, 3.8) is 0 Å². The SMILES string of the molecule is O=C(CN1C(=O)c2ccc(C(=O)OCc3ccc(Cl)cc3Cl)cc2C1=O)OCc1ccc(Cl)cc1Cl. The molecule has 0 fully saturated rings. The van der Waals surface area contributed by atoms with Crippen LogP contribution in [0.4, 0.5) is 0 Å². The van der Waals surface area contributed by atoms with E-state index in [0.717, 1.165) is 4.90 Å². The van der Waals surface area contributed by atoms with Crippen LogP contribution in [0.3, 0.4) is 0 Å². The summed E-state index contributed by atoms with van der Waals surface area (Å²) in [6.07, 6.45) is 0. The first-order valence-electron chi connectivity index (χ1n) is 10.3. The summed E-state index contributed by atoms with van der Waals surface area (Å²) in [4.78, 5) is 51.1. The highest BCUT2D eigenvalue weighted by Crippen LogP contribution is 2.26. The smallest absolute Gasteiger partial charge is 0.338 e. The van der Waals surface area contributed by atoms with Gasteiger partial charge in [-0.3, -0.25) is 19.3 Å². The molecule has 0 saturated heterocycles. The van der Waals surface area contributed by atoms with Crippen LogP contribution < -0.4 is 0 Å². The Labute approximate surface area is 225 Å². The number of carbonyl (C=O) groups excluding carboxylic acids is 4. The summed E-state index contributed by atoms with van der Waals surface area (Å²) in [6, 6.07) is 13.4. The van der Waals surface area contributed by atoms with Crippen LogP contribution in [0, 0.1) is 0 Å². The maximum Gasteiger partial charge on any atom is 0.338 e. The summed E-state index contributed by atoms with van der Waals surface area (Å²) in [5.41, 5.74) is 1.16. The second-order valence-electron chi connectivity index (χ2n) is 7.67. The van der Waals surface area contributed by atoms with Gasteiger partial charge in [0.15, 0.2) is 0 Å². The molecule has 36 heavy (non-hydrogen) atoms. The number of esters is 2. The minimum Gasteiger partial charge on any atom is -0.459 e. The van der Waals surface area contributed by atoms with Crippen molar-refractivity contribution >= 4 is 70.2 Å². The number of nitrogens with zero attached hydrogens (tertiary/aromatic N) is 1. The fourth-order valence-corrected chi connectivity index (χ4v) is 4.32. The number of hydrogen-bond donors (Lipinski definition) is 0. The molecule has 0 radical (unpaired) electrons. The van der Waals surface area contributed by atoms with Crippen LogP contribution in [0.1, 0.15) is 42.2 Å². The number of carbonyl (C=O) groups is 4. The van der Waals surface area contributed by atoms with E-state index in [1.54, 1.807) is 24.3 Å². The molecule has 0 spiro atoms. The zero-order valence-electron chi connectivity index (χ0n) is 18.2. The molecule has 0 atom stereocenters. The molecule has 0 saturated carbocycles. The quantitative estimate of drug-likeness (QED) is 0.257. The molecule has 0 N–H and O–H groups in total. The van der Waals surface area contributed by atoms with Crippen LogP contribution in [0.15, 0.2) is 54.6 Å². The highest BCUT2D eigenvalue weighted by atomic mass is 35.5. The highest BCUT2D eigenvalue weighted by Gasteiger charge is 2.37. The number of halogens is 4. The van der Waals surface area contributed by atoms with E-state index in [9.17, 15) is 19.2 Å². The number of rotatable bonds is 7. The standard InChI is InChI=1S/C25H15Cl4NO6/c26-16-4-1-14(20(28)8-16)11-35-22(31)10-30-23(32)18-6-3-13(7-19(18)24(30)33)25(34)36-12-15-2-5-17(27)9-21(15)29/h1-9H,10-12H2.